The molecule has 0 bridgehead atoms. The molecule has 27 heavy (non-hydrogen) atoms. The number of benzene rings is 1. The summed E-state index contributed by atoms with van der Waals surface area (Å²) in [7, 11) is 0. The third-order valence-corrected chi connectivity index (χ3v) is 4.60. The maximum absolute atomic E-state index is 13.2. The summed E-state index contributed by atoms with van der Waals surface area (Å²) in [6, 6.07) is 1.56. The lowest BCUT2D eigenvalue weighted by Gasteiger charge is -2.23. The predicted octanol–water partition coefficient (Wildman–Crippen LogP) is 4.04. The molecule has 1 aliphatic heterocycles. The van der Waals surface area contributed by atoms with Gasteiger partial charge in [-0.15, -0.1) is 11.3 Å². The number of nitrogens with one attached hydrogen (secondary N) is 2. The van der Waals surface area contributed by atoms with Gasteiger partial charge < -0.3 is 15.4 Å². The van der Waals surface area contributed by atoms with Gasteiger partial charge in [0, 0.05) is 5.41 Å². The lowest BCUT2D eigenvalue weighted by molar-refractivity contribution is -0.137. The van der Waals surface area contributed by atoms with Crippen LogP contribution in [0.25, 0.3) is 0 Å². The van der Waals surface area contributed by atoms with Gasteiger partial charge in [0.1, 0.15) is 4.88 Å². The Morgan fingerprint density at radius 1 is 1.30 bits per heavy atom. The molecule has 2 N–H and O–H groups in total. The first-order valence-corrected chi connectivity index (χ1v) is 8.78. The zero-order valence-electron chi connectivity index (χ0n) is 14.7. The summed E-state index contributed by atoms with van der Waals surface area (Å²) >= 11 is 1.10. The molecule has 0 aliphatic carbocycles. The van der Waals surface area contributed by atoms with E-state index in [1.807, 2.05) is 20.8 Å². The average molecular weight is 399 g/mol. The van der Waals surface area contributed by atoms with Gasteiger partial charge in [-0.1, -0.05) is 20.8 Å². The van der Waals surface area contributed by atoms with Crippen LogP contribution in [0.15, 0.2) is 17.6 Å². The Hall–Kier alpha value is -2.62. The molecule has 2 heterocycles. The first kappa shape index (κ1) is 19.2. The number of alkyl halides is 3. The standard InChI is InChI=1S/C17H16F3N3O3S/c1-16(2,3)14-13(27-7-21-14)15(25)23-10-5-8(17(18,19)20)4-9-12(10)26-6-11(24)22-9/h4-5,7H,6H2,1-3H3,(H,22,24)(H,23,25). The molecular weight excluding hydrogens is 383 g/mol. The molecule has 10 heteroatoms. The number of hydrogen-bond donors (Lipinski definition) is 2. The lowest BCUT2D eigenvalue weighted by Crippen LogP contribution is -2.27. The Morgan fingerprint density at radius 2 is 2.00 bits per heavy atom. The molecule has 0 atom stereocenters. The fourth-order valence-corrected chi connectivity index (χ4v) is 3.47. The van der Waals surface area contributed by atoms with Gasteiger partial charge in [0.25, 0.3) is 11.8 Å². The molecule has 144 valence electrons. The molecular formula is C17H16F3N3O3S. The Morgan fingerprint density at radius 3 is 2.63 bits per heavy atom. The number of aromatic nitrogens is 1. The highest BCUT2D eigenvalue weighted by Gasteiger charge is 2.34. The van der Waals surface area contributed by atoms with Gasteiger partial charge in [-0.3, -0.25) is 9.59 Å². The van der Waals surface area contributed by atoms with E-state index in [-0.39, 0.29) is 23.7 Å². The van der Waals surface area contributed by atoms with Crippen LogP contribution in [0.3, 0.4) is 0 Å². The smallest absolute Gasteiger partial charge is 0.416 e. The van der Waals surface area contributed by atoms with Crippen molar-refractivity contribution in [3.05, 3.63) is 33.8 Å². The quantitative estimate of drug-likeness (QED) is 0.799. The fourth-order valence-electron chi connectivity index (χ4n) is 2.58. The summed E-state index contributed by atoms with van der Waals surface area (Å²) in [4.78, 5) is 28.6. The van der Waals surface area contributed by atoms with E-state index in [1.54, 1.807) is 0 Å². The number of carbonyl (C=O) groups excluding carboxylic acids is 2. The van der Waals surface area contributed by atoms with Crippen LogP contribution in [0.5, 0.6) is 5.75 Å². The Balaban J connectivity index is 2.02. The highest BCUT2D eigenvalue weighted by atomic mass is 32.1. The lowest BCUT2D eigenvalue weighted by atomic mass is 9.91. The molecule has 2 aromatic rings. The average Bonchev–Trinajstić information content (AvgIpc) is 3.03. The molecule has 0 spiro atoms. The van der Waals surface area contributed by atoms with E-state index in [4.69, 9.17) is 4.74 Å². The first-order valence-electron chi connectivity index (χ1n) is 7.90. The molecule has 0 unspecified atom stereocenters. The molecule has 1 aromatic heterocycles. The third-order valence-electron chi connectivity index (χ3n) is 3.77. The van der Waals surface area contributed by atoms with Gasteiger partial charge >= 0.3 is 6.18 Å². The monoisotopic (exact) mass is 399 g/mol. The molecule has 0 saturated heterocycles. The Bertz CT molecular complexity index is 916. The number of fused-ring (bicyclic) bond motifs is 1. The van der Waals surface area contributed by atoms with E-state index in [1.165, 1.54) is 5.51 Å². The number of amides is 2. The highest BCUT2D eigenvalue weighted by Crippen LogP contribution is 2.42. The van der Waals surface area contributed by atoms with Crippen LogP contribution in [-0.2, 0) is 16.4 Å². The van der Waals surface area contributed by atoms with Crippen molar-refractivity contribution >= 4 is 34.5 Å². The van der Waals surface area contributed by atoms with E-state index < -0.39 is 29.0 Å². The van der Waals surface area contributed by atoms with Gasteiger partial charge in [0.05, 0.1) is 28.1 Å². The number of halogens is 3. The third kappa shape index (κ3) is 3.90. The molecule has 0 saturated carbocycles. The second-order valence-corrected chi connectivity index (χ2v) is 7.82. The van der Waals surface area contributed by atoms with Crippen molar-refractivity contribution in [2.24, 2.45) is 0 Å². The summed E-state index contributed by atoms with van der Waals surface area (Å²) in [6.07, 6.45) is -4.66. The van der Waals surface area contributed by atoms with Gasteiger partial charge in [-0.25, -0.2) is 4.98 Å². The maximum Gasteiger partial charge on any atom is 0.416 e. The van der Waals surface area contributed by atoms with Crippen LogP contribution in [0.1, 0.15) is 41.7 Å². The number of anilines is 2. The van der Waals surface area contributed by atoms with Crippen molar-refractivity contribution < 1.29 is 27.5 Å². The summed E-state index contributed by atoms with van der Waals surface area (Å²) in [5.74, 6) is -1.18. The van der Waals surface area contributed by atoms with Crippen molar-refractivity contribution in [2.75, 3.05) is 17.2 Å². The number of rotatable bonds is 2. The molecule has 1 aliphatic rings. The summed E-state index contributed by atoms with van der Waals surface area (Å²) in [5.41, 5.74) is 0.315. The van der Waals surface area contributed by atoms with Crippen molar-refractivity contribution in [1.82, 2.24) is 4.98 Å². The van der Waals surface area contributed by atoms with Gasteiger partial charge in [0.15, 0.2) is 12.4 Å². The second kappa shape index (κ2) is 6.52. The van der Waals surface area contributed by atoms with E-state index in [0.717, 1.165) is 23.5 Å². The minimum Gasteiger partial charge on any atom is -0.479 e. The molecule has 3 rings (SSSR count). The molecule has 6 nitrogen and oxygen atoms in total. The summed E-state index contributed by atoms with van der Waals surface area (Å²) in [5, 5.41) is 4.80. The Kier molecular flexibility index (Phi) is 4.62. The number of hydrogen-bond acceptors (Lipinski definition) is 5. The number of thiazole rings is 1. The van der Waals surface area contributed by atoms with E-state index in [0.29, 0.717) is 10.6 Å². The number of ether oxygens (including phenoxy) is 1. The minimum atomic E-state index is -4.66. The zero-order valence-corrected chi connectivity index (χ0v) is 15.5. The number of carbonyl (C=O) groups is 2. The van der Waals surface area contributed by atoms with Crippen molar-refractivity contribution in [1.29, 1.82) is 0 Å². The van der Waals surface area contributed by atoms with E-state index in [2.05, 4.69) is 15.6 Å². The van der Waals surface area contributed by atoms with Crippen molar-refractivity contribution in [3.63, 3.8) is 0 Å². The van der Waals surface area contributed by atoms with Crippen molar-refractivity contribution in [2.45, 2.75) is 32.4 Å². The first-order chi connectivity index (χ1) is 12.5. The van der Waals surface area contributed by atoms with Crippen LogP contribution in [0, 0.1) is 0 Å². The highest BCUT2D eigenvalue weighted by molar-refractivity contribution is 7.12. The van der Waals surface area contributed by atoms with Crippen LogP contribution in [-0.4, -0.2) is 23.4 Å². The van der Waals surface area contributed by atoms with Gasteiger partial charge in [-0.05, 0) is 12.1 Å². The van der Waals surface area contributed by atoms with Crippen molar-refractivity contribution in [3.8, 4) is 5.75 Å². The zero-order chi connectivity index (χ0) is 20.0. The largest absolute Gasteiger partial charge is 0.479 e. The molecule has 0 fully saturated rings. The van der Waals surface area contributed by atoms with Crippen LogP contribution >= 0.6 is 11.3 Å². The van der Waals surface area contributed by atoms with Gasteiger partial charge in [0.2, 0.25) is 0 Å². The molecule has 0 radical (unpaired) electrons. The fraction of sp³-hybridized carbons (Fsp3) is 0.353. The predicted molar refractivity (Wildman–Crippen MR) is 94.3 cm³/mol. The van der Waals surface area contributed by atoms with E-state index in [9.17, 15) is 22.8 Å². The Labute approximate surface area is 156 Å². The van der Waals surface area contributed by atoms with E-state index >= 15 is 0 Å². The minimum absolute atomic E-state index is 0.0160. The van der Waals surface area contributed by atoms with Gasteiger partial charge in [-0.2, -0.15) is 13.2 Å². The maximum atomic E-state index is 13.2. The summed E-state index contributed by atoms with van der Waals surface area (Å²) < 4.78 is 44.8. The molecule has 1 aromatic carbocycles. The van der Waals surface area contributed by atoms with Crippen LogP contribution in [0.4, 0.5) is 24.5 Å². The normalized spacial score (nSPS) is 14.2. The SMILES string of the molecule is CC(C)(C)c1ncsc1C(=O)Nc1cc(C(F)(F)F)cc2c1OCC(=O)N2. The molecule has 2 amide bonds. The second-order valence-electron chi connectivity index (χ2n) is 6.97. The summed E-state index contributed by atoms with van der Waals surface area (Å²) in [6.45, 7) is 5.28. The topological polar surface area (TPSA) is 80.3 Å². The van der Waals surface area contributed by atoms with Crippen LogP contribution < -0.4 is 15.4 Å². The van der Waals surface area contributed by atoms with Crippen LogP contribution in [0.2, 0.25) is 0 Å². The number of nitrogens with zero attached hydrogens (tertiary/aromatic N) is 1.